The van der Waals surface area contributed by atoms with Gasteiger partial charge in [0, 0.05) is 20.1 Å². The SMILES string of the molecule is COCCCOc1c(I)cccc1OC. The Morgan fingerprint density at radius 3 is 2.67 bits per heavy atom. The molecule has 0 spiro atoms. The van der Waals surface area contributed by atoms with Gasteiger partial charge >= 0.3 is 0 Å². The van der Waals surface area contributed by atoms with Crippen molar-refractivity contribution in [2.24, 2.45) is 0 Å². The van der Waals surface area contributed by atoms with Crippen molar-refractivity contribution in [2.75, 3.05) is 27.4 Å². The number of para-hydroxylation sites is 1. The van der Waals surface area contributed by atoms with Crippen LogP contribution in [0.5, 0.6) is 11.5 Å². The predicted octanol–water partition coefficient (Wildman–Crippen LogP) is 2.72. The van der Waals surface area contributed by atoms with Crippen molar-refractivity contribution in [3.63, 3.8) is 0 Å². The van der Waals surface area contributed by atoms with Gasteiger partial charge in [0.2, 0.25) is 0 Å². The highest BCUT2D eigenvalue weighted by Crippen LogP contribution is 2.31. The van der Waals surface area contributed by atoms with E-state index in [1.54, 1.807) is 14.2 Å². The summed E-state index contributed by atoms with van der Waals surface area (Å²) in [5.41, 5.74) is 0. The highest BCUT2D eigenvalue weighted by Gasteiger charge is 2.07. The van der Waals surface area contributed by atoms with Crippen LogP contribution in [0, 0.1) is 3.57 Å². The first-order chi connectivity index (χ1) is 7.29. The van der Waals surface area contributed by atoms with Gasteiger partial charge in [-0.1, -0.05) is 6.07 Å². The zero-order chi connectivity index (χ0) is 11.1. The average molecular weight is 322 g/mol. The second kappa shape index (κ2) is 6.90. The maximum absolute atomic E-state index is 5.65. The summed E-state index contributed by atoms with van der Waals surface area (Å²) in [5.74, 6) is 1.59. The Hall–Kier alpha value is -0.490. The van der Waals surface area contributed by atoms with Crippen molar-refractivity contribution < 1.29 is 14.2 Å². The highest BCUT2D eigenvalue weighted by molar-refractivity contribution is 14.1. The molecule has 3 nitrogen and oxygen atoms in total. The Morgan fingerprint density at radius 1 is 1.20 bits per heavy atom. The molecule has 1 rings (SSSR count). The Balaban J connectivity index is 2.58. The fraction of sp³-hybridized carbons (Fsp3) is 0.455. The molecule has 0 aliphatic carbocycles. The summed E-state index contributed by atoms with van der Waals surface area (Å²) in [6, 6.07) is 5.84. The average Bonchev–Trinajstić information content (AvgIpc) is 2.26. The molecule has 0 aliphatic heterocycles. The van der Waals surface area contributed by atoms with Crippen LogP contribution in [0.15, 0.2) is 18.2 Å². The lowest BCUT2D eigenvalue weighted by molar-refractivity contribution is 0.170. The van der Waals surface area contributed by atoms with Crippen LogP contribution in [0.3, 0.4) is 0 Å². The molecule has 0 N–H and O–H groups in total. The molecule has 84 valence electrons. The molecule has 0 atom stereocenters. The van der Waals surface area contributed by atoms with Crippen LogP contribution in [-0.4, -0.2) is 27.4 Å². The Bertz CT molecular complexity index is 302. The first-order valence-corrected chi connectivity index (χ1v) is 5.81. The van der Waals surface area contributed by atoms with Gasteiger partial charge in [0.25, 0.3) is 0 Å². The van der Waals surface area contributed by atoms with E-state index in [9.17, 15) is 0 Å². The van der Waals surface area contributed by atoms with E-state index in [1.807, 2.05) is 18.2 Å². The maximum atomic E-state index is 5.65. The first-order valence-electron chi connectivity index (χ1n) is 4.74. The van der Waals surface area contributed by atoms with Gasteiger partial charge in [0.1, 0.15) is 0 Å². The van der Waals surface area contributed by atoms with Gasteiger partial charge in [-0.15, -0.1) is 0 Å². The molecule has 0 fully saturated rings. The Kier molecular flexibility index (Phi) is 5.78. The second-order valence-corrected chi connectivity index (χ2v) is 4.13. The molecule has 0 amide bonds. The molecule has 0 saturated carbocycles. The van der Waals surface area contributed by atoms with Crippen LogP contribution in [0.1, 0.15) is 6.42 Å². The van der Waals surface area contributed by atoms with Gasteiger partial charge in [-0.2, -0.15) is 0 Å². The van der Waals surface area contributed by atoms with Crippen molar-refractivity contribution in [2.45, 2.75) is 6.42 Å². The fourth-order valence-electron chi connectivity index (χ4n) is 1.17. The Morgan fingerprint density at radius 2 is 2.00 bits per heavy atom. The predicted molar refractivity (Wildman–Crippen MR) is 67.7 cm³/mol. The van der Waals surface area contributed by atoms with E-state index in [-0.39, 0.29) is 0 Å². The Labute approximate surface area is 104 Å². The van der Waals surface area contributed by atoms with E-state index in [0.717, 1.165) is 21.5 Å². The molecular formula is C11H15IO3. The largest absolute Gasteiger partial charge is 0.493 e. The number of benzene rings is 1. The molecule has 0 aromatic heterocycles. The van der Waals surface area contributed by atoms with E-state index in [4.69, 9.17) is 14.2 Å². The van der Waals surface area contributed by atoms with Crippen molar-refractivity contribution in [1.82, 2.24) is 0 Å². The molecule has 0 unspecified atom stereocenters. The molecule has 1 aromatic rings. The molecule has 0 aliphatic rings. The number of hydrogen-bond donors (Lipinski definition) is 0. The lowest BCUT2D eigenvalue weighted by atomic mass is 10.3. The van der Waals surface area contributed by atoms with Crippen LogP contribution in [0.4, 0.5) is 0 Å². The third-order valence-electron chi connectivity index (χ3n) is 1.89. The lowest BCUT2D eigenvalue weighted by Gasteiger charge is -2.11. The summed E-state index contributed by atoms with van der Waals surface area (Å²) in [7, 11) is 3.33. The van der Waals surface area contributed by atoms with E-state index >= 15 is 0 Å². The number of rotatable bonds is 6. The molecule has 0 heterocycles. The highest BCUT2D eigenvalue weighted by atomic mass is 127. The van der Waals surface area contributed by atoms with Gasteiger partial charge < -0.3 is 14.2 Å². The minimum Gasteiger partial charge on any atom is -0.493 e. The van der Waals surface area contributed by atoms with Gasteiger partial charge in [-0.05, 0) is 34.7 Å². The summed E-state index contributed by atoms with van der Waals surface area (Å²) in [6.45, 7) is 1.36. The van der Waals surface area contributed by atoms with E-state index in [1.165, 1.54) is 0 Å². The molecular weight excluding hydrogens is 307 g/mol. The second-order valence-electron chi connectivity index (χ2n) is 2.97. The number of hydrogen-bond acceptors (Lipinski definition) is 3. The monoisotopic (exact) mass is 322 g/mol. The summed E-state index contributed by atoms with van der Waals surface area (Å²) in [6.07, 6.45) is 0.880. The van der Waals surface area contributed by atoms with Gasteiger partial charge in [-0.25, -0.2) is 0 Å². The zero-order valence-electron chi connectivity index (χ0n) is 8.96. The van der Waals surface area contributed by atoms with Crippen LogP contribution in [-0.2, 0) is 4.74 Å². The standard InChI is InChI=1S/C11H15IO3/c1-13-7-4-8-15-11-9(12)5-3-6-10(11)14-2/h3,5-6H,4,7-8H2,1-2H3. The van der Waals surface area contributed by atoms with Crippen LogP contribution in [0.25, 0.3) is 0 Å². The molecule has 1 aromatic carbocycles. The fourth-order valence-corrected chi connectivity index (χ4v) is 1.80. The summed E-state index contributed by atoms with van der Waals surface area (Å²) < 4.78 is 16.9. The topological polar surface area (TPSA) is 27.7 Å². The smallest absolute Gasteiger partial charge is 0.174 e. The third kappa shape index (κ3) is 3.87. The van der Waals surface area contributed by atoms with Gasteiger partial charge in [0.05, 0.1) is 17.3 Å². The first kappa shape index (κ1) is 12.6. The molecule has 0 bridgehead atoms. The lowest BCUT2D eigenvalue weighted by Crippen LogP contribution is -2.03. The minimum absolute atomic E-state index is 0.643. The van der Waals surface area contributed by atoms with Gasteiger partial charge in [-0.3, -0.25) is 0 Å². The third-order valence-corrected chi connectivity index (χ3v) is 2.74. The normalized spacial score (nSPS) is 10.1. The molecule has 0 radical (unpaired) electrons. The number of ether oxygens (including phenoxy) is 3. The van der Waals surface area contributed by atoms with Crippen molar-refractivity contribution in [3.8, 4) is 11.5 Å². The molecule has 15 heavy (non-hydrogen) atoms. The summed E-state index contributed by atoms with van der Waals surface area (Å²) in [5, 5.41) is 0. The molecule has 0 saturated heterocycles. The molecule has 4 heteroatoms. The van der Waals surface area contributed by atoms with Crippen molar-refractivity contribution in [3.05, 3.63) is 21.8 Å². The van der Waals surface area contributed by atoms with Crippen LogP contribution >= 0.6 is 22.6 Å². The van der Waals surface area contributed by atoms with Crippen molar-refractivity contribution in [1.29, 1.82) is 0 Å². The van der Waals surface area contributed by atoms with Crippen molar-refractivity contribution >= 4 is 22.6 Å². The number of methoxy groups -OCH3 is 2. The van der Waals surface area contributed by atoms with E-state index in [0.29, 0.717) is 13.2 Å². The van der Waals surface area contributed by atoms with Crippen LogP contribution < -0.4 is 9.47 Å². The summed E-state index contributed by atoms with van der Waals surface area (Å²) in [4.78, 5) is 0. The van der Waals surface area contributed by atoms with E-state index < -0.39 is 0 Å². The number of halogens is 1. The quantitative estimate of drug-likeness (QED) is 0.595. The van der Waals surface area contributed by atoms with E-state index in [2.05, 4.69) is 22.6 Å². The minimum atomic E-state index is 0.643. The maximum Gasteiger partial charge on any atom is 0.174 e. The van der Waals surface area contributed by atoms with Crippen LogP contribution in [0.2, 0.25) is 0 Å². The summed E-state index contributed by atoms with van der Waals surface area (Å²) >= 11 is 2.23. The zero-order valence-corrected chi connectivity index (χ0v) is 11.1. The van der Waals surface area contributed by atoms with Gasteiger partial charge in [0.15, 0.2) is 11.5 Å².